The molecule has 0 unspecified atom stereocenters. The lowest BCUT2D eigenvalue weighted by Gasteiger charge is -2.26. The average molecular weight is 466 g/mol. The van der Waals surface area contributed by atoms with Crippen LogP contribution < -0.4 is 5.32 Å². The molecule has 1 aromatic heterocycles. The van der Waals surface area contributed by atoms with Gasteiger partial charge in [0, 0.05) is 31.6 Å². The van der Waals surface area contributed by atoms with E-state index in [0.717, 1.165) is 38.5 Å². The van der Waals surface area contributed by atoms with Crippen molar-refractivity contribution >= 4 is 17.8 Å². The van der Waals surface area contributed by atoms with Gasteiger partial charge in [-0.05, 0) is 50.5 Å². The number of piperidine rings is 1. The smallest absolute Gasteiger partial charge is 0.434 e. The van der Waals surface area contributed by atoms with Crippen LogP contribution in [0.3, 0.4) is 0 Å². The average Bonchev–Trinajstić information content (AvgIpc) is 3.26. The van der Waals surface area contributed by atoms with Gasteiger partial charge in [0.2, 0.25) is 5.91 Å². The fraction of sp³-hybridized carbons (Fsp3) is 0.455. The zero-order valence-electron chi connectivity index (χ0n) is 18.2. The third-order valence-corrected chi connectivity index (χ3v) is 5.24. The Morgan fingerprint density at radius 2 is 1.76 bits per heavy atom. The Morgan fingerprint density at radius 1 is 1.09 bits per heavy atom. The minimum absolute atomic E-state index is 0.0129. The summed E-state index contributed by atoms with van der Waals surface area (Å²) in [4.78, 5) is 38.2. The molecule has 1 saturated heterocycles. The number of rotatable bonds is 7. The molecule has 3 rings (SSSR count). The van der Waals surface area contributed by atoms with E-state index in [1.807, 2.05) is 0 Å². The molecule has 1 aromatic carbocycles. The Labute approximate surface area is 188 Å². The van der Waals surface area contributed by atoms with Gasteiger partial charge in [-0.1, -0.05) is 0 Å². The molecule has 0 radical (unpaired) electrons. The Balaban J connectivity index is 1.66. The molecular formula is C22H25F3N4O4. The maximum absolute atomic E-state index is 13.6. The summed E-state index contributed by atoms with van der Waals surface area (Å²) in [6.45, 7) is 3.05. The fourth-order valence-electron chi connectivity index (χ4n) is 3.62. The highest BCUT2D eigenvalue weighted by molar-refractivity contribution is 5.94. The van der Waals surface area contributed by atoms with Gasteiger partial charge < -0.3 is 15.0 Å². The number of nitrogens with zero attached hydrogens (tertiary/aromatic N) is 3. The van der Waals surface area contributed by atoms with Crippen LogP contribution in [0.15, 0.2) is 30.5 Å². The van der Waals surface area contributed by atoms with Crippen molar-refractivity contribution in [2.75, 3.05) is 26.2 Å². The van der Waals surface area contributed by atoms with Gasteiger partial charge in [0.25, 0.3) is 5.91 Å². The molecular weight excluding hydrogens is 441 g/mol. The van der Waals surface area contributed by atoms with Crippen LogP contribution in [0.2, 0.25) is 0 Å². The van der Waals surface area contributed by atoms with Crippen LogP contribution in [-0.4, -0.2) is 58.7 Å². The Morgan fingerprint density at radius 3 is 2.36 bits per heavy atom. The highest BCUT2D eigenvalue weighted by Crippen LogP contribution is 2.34. The number of ether oxygens (including phenoxy) is 1. The van der Waals surface area contributed by atoms with E-state index in [1.165, 1.54) is 31.2 Å². The molecule has 178 valence electrons. The van der Waals surface area contributed by atoms with E-state index >= 15 is 0 Å². The largest absolute Gasteiger partial charge is 0.462 e. The molecule has 2 aromatic rings. The van der Waals surface area contributed by atoms with Crippen molar-refractivity contribution in [1.29, 1.82) is 0 Å². The predicted molar refractivity (Wildman–Crippen MR) is 112 cm³/mol. The quantitative estimate of drug-likeness (QED) is 0.633. The van der Waals surface area contributed by atoms with E-state index < -0.39 is 29.3 Å². The van der Waals surface area contributed by atoms with E-state index in [2.05, 4.69) is 15.2 Å². The van der Waals surface area contributed by atoms with Crippen LogP contribution in [0.4, 0.5) is 13.2 Å². The van der Waals surface area contributed by atoms with Crippen LogP contribution in [0.25, 0.3) is 5.69 Å². The molecule has 0 spiro atoms. The third kappa shape index (κ3) is 5.91. The van der Waals surface area contributed by atoms with Gasteiger partial charge in [0.15, 0.2) is 5.69 Å². The number of aromatic nitrogens is 2. The molecule has 1 N–H and O–H groups in total. The molecule has 0 saturated carbocycles. The normalized spacial score (nSPS) is 14.1. The second-order valence-electron chi connectivity index (χ2n) is 7.53. The van der Waals surface area contributed by atoms with Gasteiger partial charge in [-0.25, -0.2) is 9.48 Å². The zero-order chi connectivity index (χ0) is 24.0. The van der Waals surface area contributed by atoms with Gasteiger partial charge in [0.1, 0.15) is 5.56 Å². The first-order valence-corrected chi connectivity index (χ1v) is 10.7. The van der Waals surface area contributed by atoms with Crippen LogP contribution >= 0.6 is 0 Å². The van der Waals surface area contributed by atoms with E-state index in [9.17, 15) is 27.6 Å². The summed E-state index contributed by atoms with van der Waals surface area (Å²) < 4.78 is 46.1. The van der Waals surface area contributed by atoms with Crippen LogP contribution in [0.1, 0.15) is 59.0 Å². The Bertz CT molecular complexity index is 996. The minimum atomic E-state index is -4.85. The maximum atomic E-state index is 13.6. The van der Waals surface area contributed by atoms with Gasteiger partial charge in [-0.3, -0.25) is 9.59 Å². The predicted octanol–water partition coefficient (Wildman–Crippen LogP) is 3.20. The molecule has 2 heterocycles. The second kappa shape index (κ2) is 10.5. The first-order chi connectivity index (χ1) is 15.7. The van der Waals surface area contributed by atoms with Crippen molar-refractivity contribution in [2.24, 2.45) is 0 Å². The highest BCUT2D eigenvalue weighted by atomic mass is 19.4. The number of nitrogens with one attached hydrogen (secondary N) is 1. The van der Waals surface area contributed by atoms with Crippen molar-refractivity contribution in [3.63, 3.8) is 0 Å². The van der Waals surface area contributed by atoms with Gasteiger partial charge in [-0.2, -0.15) is 18.3 Å². The van der Waals surface area contributed by atoms with Crippen LogP contribution in [0.5, 0.6) is 0 Å². The number of carbonyl (C=O) groups is 3. The molecule has 1 aliphatic heterocycles. The number of halogens is 3. The molecule has 1 fully saturated rings. The van der Waals surface area contributed by atoms with Crippen molar-refractivity contribution in [1.82, 2.24) is 20.0 Å². The van der Waals surface area contributed by atoms with E-state index in [0.29, 0.717) is 4.68 Å². The van der Waals surface area contributed by atoms with Gasteiger partial charge in [0.05, 0.1) is 18.5 Å². The summed E-state index contributed by atoms with van der Waals surface area (Å²) in [5.74, 6) is -1.58. The van der Waals surface area contributed by atoms with Crippen LogP contribution in [-0.2, 0) is 15.7 Å². The third-order valence-electron chi connectivity index (χ3n) is 5.24. The molecule has 0 aliphatic carbocycles. The number of alkyl halides is 3. The molecule has 1 aliphatic rings. The lowest BCUT2D eigenvalue weighted by Crippen LogP contribution is -2.37. The van der Waals surface area contributed by atoms with E-state index in [1.54, 1.807) is 4.90 Å². The summed E-state index contributed by atoms with van der Waals surface area (Å²) in [6.07, 6.45) is -0.779. The number of hydrogen-bond acceptors (Lipinski definition) is 5. The highest BCUT2D eigenvalue weighted by Gasteiger charge is 2.41. The standard InChI is InChI=1S/C22H25F3N4O4/c1-2-33-21(32)17-14-27-29(19(17)22(23,24)25)16-8-6-15(7-9-16)20(31)26-11-10-18(30)28-12-4-3-5-13-28/h6-9,14H,2-5,10-13H2,1H3,(H,26,31). The van der Waals surface area contributed by atoms with Crippen molar-refractivity contribution in [3.05, 3.63) is 47.3 Å². The summed E-state index contributed by atoms with van der Waals surface area (Å²) in [5, 5.41) is 6.34. The number of amides is 2. The number of hydrogen-bond donors (Lipinski definition) is 1. The summed E-state index contributed by atoms with van der Waals surface area (Å²) in [5.41, 5.74) is -1.70. The SMILES string of the molecule is CCOC(=O)c1cnn(-c2ccc(C(=O)NCCC(=O)N3CCCCC3)cc2)c1C(F)(F)F. The van der Waals surface area contributed by atoms with Crippen LogP contribution in [0, 0.1) is 0 Å². The van der Waals surface area contributed by atoms with Crippen molar-refractivity contribution < 1.29 is 32.3 Å². The maximum Gasteiger partial charge on any atom is 0.434 e. The molecule has 8 nitrogen and oxygen atoms in total. The zero-order valence-corrected chi connectivity index (χ0v) is 18.2. The fourth-order valence-corrected chi connectivity index (χ4v) is 3.62. The van der Waals surface area contributed by atoms with Crippen molar-refractivity contribution in [2.45, 2.75) is 38.8 Å². The monoisotopic (exact) mass is 466 g/mol. The first kappa shape index (κ1) is 24.3. The Kier molecular flexibility index (Phi) is 7.72. The number of benzene rings is 1. The number of esters is 1. The minimum Gasteiger partial charge on any atom is -0.462 e. The molecule has 33 heavy (non-hydrogen) atoms. The molecule has 0 atom stereocenters. The lowest BCUT2D eigenvalue weighted by atomic mass is 10.1. The number of likely N-dealkylation sites (tertiary alicyclic amines) is 1. The number of carbonyl (C=O) groups excluding carboxylic acids is 3. The summed E-state index contributed by atoms with van der Waals surface area (Å²) in [6, 6.07) is 5.29. The van der Waals surface area contributed by atoms with E-state index in [-0.39, 0.29) is 36.7 Å². The molecule has 0 bridgehead atoms. The summed E-state index contributed by atoms with van der Waals surface area (Å²) in [7, 11) is 0. The summed E-state index contributed by atoms with van der Waals surface area (Å²) >= 11 is 0. The molecule has 2 amide bonds. The van der Waals surface area contributed by atoms with Gasteiger partial charge >= 0.3 is 12.1 Å². The second-order valence-corrected chi connectivity index (χ2v) is 7.53. The van der Waals surface area contributed by atoms with E-state index in [4.69, 9.17) is 0 Å². The van der Waals surface area contributed by atoms with Crippen molar-refractivity contribution in [3.8, 4) is 5.69 Å². The molecule has 11 heteroatoms. The topological polar surface area (TPSA) is 93.5 Å². The lowest BCUT2D eigenvalue weighted by molar-refractivity contribution is -0.143. The Hall–Kier alpha value is -3.37. The van der Waals surface area contributed by atoms with Gasteiger partial charge in [-0.15, -0.1) is 0 Å². The first-order valence-electron chi connectivity index (χ1n) is 10.7.